The average molecular weight is 277 g/mol. The Hall–Kier alpha value is -1.59. The van der Waals surface area contributed by atoms with E-state index in [1.807, 2.05) is 0 Å². The minimum absolute atomic E-state index is 0.0554. The van der Waals surface area contributed by atoms with E-state index in [4.69, 9.17) is 0 Å². The molecule has 1 amide bonds. The third-order valence-corrected chi connectivity index (χ3v) is 2.54. The maximum atomic E-state index is 13.4. The maximum Gasteiger partial charge on any atom is 0.389 e. The summed E-state index contributed by atoms with van der Waals surface area (Å²) in [7, 11) is 0. The smallest absolute Gasteiger partial charge is 0.352 e. The average Bonchev–Trinajstić information content (AvgIpc) is 2.26. The first kappa shape index (κ1) is 15.5. The molecule has 0 spiro atoms. The van der Waals surface area contributed by atoms with Gasteiger partial charge in [-0.2, -0.15) is 13.2 Å². The zero-order valence-corrected chi connectivity index (χ0v) is 10.5. The molecule has 0 aliphatic heterocycles. The van der Waals surface area contributed by atoms with Gasteiger partial charge in [-0.25, -0.2) is 4.39 Å². The van der Waals surface area contributed by atoms with Crippen LogP contribution in [0.15, 0.2) is 18.2 Å². The summed E-state index contributed by atoms with van der Waals surface area (Å²) in [4.78, 5) is 11.6. The lowest BCUT2D eigenvalue weighted by Gasteiger charge is -2.08. The number of benzene rings is 1. The summed E-state index contributed by atoms with van der Waals surface area (Å²) in [5.41, 5.74) is 0.598. The van der Waals surface area contributed by atoms with Gasteiger partial charge in [-0.05, 0) is 37.5 Å². The van der Waals surface area contributed by atoms with Crippen LogP contribution in [0.1, 0.15) is 35.2 Å². The fourth-order valence-electron chi connectivity index (χ4n) is 1.55. The molecule has 0 aromatic heterocycles. The Balaban J connectivity index is 2.36. The molecule has 6 heteroatoms. The molecule has 1 N–H and O–H groups in total. The van der Waals surface area contributed by atoms with Gasteiger partial charge >= 0.3 is 6.18 Å². The van der Waals surface area contributed by atoms with Crippen molar-refractivity contribution in [1.82, 2.24) is 5.32 Å². The minimum Gasteiger partial charge on any atom is -0.352 e. The quantitative estimate of drug-likeness (QED) is 0.646. The van der Waals surface area contributed by atoms with Crippen molar-refractivity contribution in [1.29, 1.82) is 0 Å². The van der Waals surface area contributed by atoms with Gasteiger partial charge in [0.1, 0.15) is 5.82 Å². The Morgan fingerprint density at radius 3 is 2.53 bits per heavy atom. The van der Waals surface area contributed by atoms with E-state index in [-0.39, 0.29) is 24.9 Å². The molecule has 0 fully saturated rings. The van der Waals surface area contributed by atoms with E-state index in [9.17, 15) is 22.4 Å². The van der Waals surface area contributed by atoms with Gasteiger partial charge in [0.2, 0.25) is 0 Å². The molecule has 19 heavy (non-hydrogen) atoms. The third-order valence-electron chi connectivity index (χ3n) is 2.54. The van der Waals surface area contributed by atoms with Gasteiger partial charge in [0.05, 0.1) is 5.56 Å². The lowest BCUT2D eigenvalue weighted by atomic mass is 10.1. The summed E-state index contributed by atoms with van der Waals surface area (Å²) in [5, 5.41) is 2.40. The van der Waals surface area contributed by atoms with Crippen molar-refractivity contribution in [2.24, 2.45) is 0 Å². The molecular weight excluding hydrogens is 262 g/mol. The van der Waals surface area contributed by atoms with Gasteiger partial charge in [0.15, 0.2) is 0 Å². The number of halogens is 4. The number of amides is 1. The normalized spacial score (nSPS) is 11.4. The Morgan fingerprint density at radius 2 is 1.95 bits per heavy atom. The monoisotopic (exact) mass is 277 g/mol. The lowest BCUT2D eigenvalue weighted by Crippen LogP contribution is -2.25. The molecular formula is C13H15F4NO. The first-order valence-corrected chi connectivity index (χ1v) is 5.91. The van der Waals surface area contributed by atoms with Gasteiger partial charge in [0.25, 0.3) is 5.91 Å². The number of hydrogen-bond donors (Lipinski definition) is 1. The van der Waals surface area contributed by atoms with Gasteiger partial charge in [-0.1, -0.05) is 6.07 Å². The number of carbonyl (C=O) groups excluding carboxylic acids is 1. The van der Waals surface area contributed by atoms with E-state index >= 15 is 0 Å². The van der Waals surface area contributed by atoms with E-state index in [1.54, 1.807) is 13.0 Å². The first-order chi connectivity index (χ1) is 8.79. The molecule has 1 rings (SSSR count). The highest BCUT2D eigenvalue weighted by Crippen LogP contribution is 2.21. The Bertz CT molecular complexity index is 443. The van der Waals surface area contributed by atoms with Crippen LogP contribution in [0, 0.1) is 12.7 Å². The number of aryl methyl sites for hydroxylation is 1. The second-order valence-electron chi connectivity index (χ2n) is 4.31. The summed E-state index contributed by atoms with van der Waals surface area (Å²) in [6, 6.07) is 4.19. The van der Waals surface area contributed by atoms with Crippen molar-refractivity contribution < 1.29 is 22.4 Å². The Morgan fingerprint density at radius 1 is 1.26 bits per heavy atom. The molecule has 0 bridgehead atoms. The summed E-state index contributed by atoms with van der Waals surface area (Å²) < 4.78 is 49.0. The molecule has 0 atom stereocenters. The van der Waals surface area contributed by atoms with Gasteiger partial charge in [-0.3, -0.25) is 4.79 Å². The number of alkyl halides is 3. The SMILES string of the molecule is Cc1ccc(C(=O)NCCCCC(F)(F)F)c(F)c1. The minimum atomic E-state index is -4.17. The fourth-order valence-corrected chi connectivity index (χ4v) is 1.55. The highest BCUT2D eigenvalue weighted by atomic mass is 19.4. The summed E-state index contributed by atoms with van der Waals surface area (Å²) in [6.45, 7) is 1.80. The van der Waals surface area contributed by atoms with Crippen LogP contribution in [-0.2, 0) is 0 Å². The Kier molecular flexibility index (Phi) is 5.32. The molecule has 2 nitrogen and oxygen atoms in total. The molecule has 0 aliphatic rings. The lowest BCUT2D eigenvalue weighted by molar-refractivity contribution is -0.135. The van der Waals surface area contributed by atoms with Crippen LogP contribution in [0.5, 0.6) is 0 Å². The van der Waals surface area contributed by atoms with Crippen LogP contribution in [0.25, 0.3) is 0 Å². The largest absolute Gasteiger partial charge is 0.389 e. The Labute approximate surface area is 108 Å². The molecule has 1 aromatic rings. The maximum absolute atomic E-state index is 13.4. The van der Waals surface area contributed by atoms with E-state index in [1.165, 1.54) is 12.1 Å². The van der Waals surface area contributed by atoms with E-state index in [0.717, 1.165) is 0 Å². The van der Waals surface area contributed by atoms with Crippen molar-refractivity contribution in [3.05, 3.63) is 35.1 Å². The zero-order chi connectivity index (χ0) is 14.5. The van der Waals surface area contributed by atoms with E-state index < -0.39 is 24.3 Å². The highest BCUT2D eigenvalue weighted by Gasteiger charge is 2.25. The molecule has 1 aromatic carbocycles. The van der Waals surface area contributed by atoms with Gasteiger partial charge in [-0.15, -0.1) is 0 Å². The van der Waals surface area contributed by atoms with Crippen LogP contribution < -0.4 is 5.32 Å². The van der Waals surface area contributed by atoms with Crippen LogP contribution in [-0.4, -0.2) is 18.6 Å². The first-order valence-electron chi connectivity index (χ1n) is 5.91. The van der Waals surface area contributed by atoms with Crippen molar-refractivity contribution >= 4 is 5.91 Å². The summed E-state index contributed by atoms with van der Waals surface area (Å²) in [6.07, 6.45) is -4.90. The van der Waals surface area contributed by atoms with E-state index in [0.29, 0.717) is 5.56 Å². The van der Waals surface area contributed by atoms with Crippen molar-refractivity contribution in [3.63, 3.8) is 0 Å². The topological polar surface area (TPSA) is 29.1 Å². The number of hydrogen-bond acceptors (Lipinski definition) is 1. The van der Waals surface area contributed by atoms with Crippen LogP contribution in [0.4, 0.5) is 17.6 Å². The van der Waals surface area contributed by atoms with Gasteiger partial charge in [0, 0.05) is 13.0 Å². The number of rotatable bonds is 5. The molecule has 0 saturated carbocycles. The van der Waals surface area contributed by atoms with Gasteiger partial charge < -0.3 is 5.32 Å². The fraction of sp³-hybridized carbons (Fsp3) is 0.462. The van der Waals surface area contributed by atoms with Crippen molar-refractivity contribution in [2.45, 2.75) is 32.4 Å². The molecule has 0 heterocycles. The van der Waals surface area contributed by atoms with Crippen LogP contribution >= 0.6 is 0 Å². The predicted molar refractivity (Wildman–Crippen MR) is 63.4 cm³/mol. The number of unbranched alkanes of at least 4 members (excludes halogenated alkanes) is 1. The summed E-state index contributed by atoms with van der Waals surface area (Å²) >= 11 is 0. The summed E-state index contributed by atoms with van der Waals surface area (Å²) in [5.74, 6) is -1.24. The highest BCUT2D eigenvalue weighted by molar-refractivity contribution is 5.94. The second kappa shape index (κ2) is 6.54. The molecule has 0 aliphatic carbocycles. The van der Waals surface area contributed by atoms with Crippen molar-refractivity contribution in [3.8, 4) is 0 Å². The number of carbonyl (C=O) groups is 1. The third kappa shape index (κ3) is 5.72. The standard InChI is InChI=1S/C13H15F4NO/c1-9-4-5-10(11(14)8-9)12(19)18-7-3-2-6-13(15,16)17/h4-5,8H,2-3,6-7H2,1H3,(H,18,19). The zero-order valence-electron chi connectivity index (χ0n) is 10.5. The number of nitrogens with one attached hydrogen (secondary N) is 1. The molecule has 0 radical (unpaired) electrons. The molecule has 0 saturated heterocycles. The van der Waals surface area contributed by atoms with Crippen molar-refractivity contribution in [2.75, 3.05) is 6.54 Å². The van der Waals surface area contributed by atoms with E-state index in [2.05, 4.69) is 5.32 Å². The van der Waals surface area contributed by atoms with Crippen LogP contribution in [0.2, 0.25) is 0 Å². The molecule has 106 valence electrons. The second-order valence-corrected chi connectivity index (χ2v) is 4.31. The molecule has 0 unspecified atom stereocenters. The van der Waals surface area contributed by atoms with Crippen LogP contribution in [0.3, 0.4) is 0 Å². The predicted octanol–water partition coefficient (Wildman–Crippen LogP) is 3.60.